The fraction of sp³-hybridized carbons (Fsp3) is 0.562. The van der Waals surface area contributed by atoms with E-state index >= 15 is 0 Å². The Hall–Kier alpha value is -3.34. The summed E-state index contributed by atoms with van der Waals surface area (Å²) in [6.07, 6.45) is 8.40. The van der Waals surface area contributed by atoms with E-state index in [4.69, 9.17) is 29.6 Å². The van der Waals surface area contributed by atoms with Gasteiger partial charge in [-0.05, 0) is 69.4 Å². The Labute approximate surface area is 267 Å². The molecule has 1 amide bonds. The van der Waals surface area contributed by atoms with Gasteiger partial charge in [-0.2, -0.15) is 0 Å². The molecule has 0 aromatic heterocycles. The molecule has 14 nitrogen and oxygen atoms in total. The number of benzene rings is 1. The molecule has 4 aliphatic rings. The number of ether oxygens (including phenoxy) is 3. The van der Waals surface area contributed by atoms with Crippen LogP contribution in [0.2, 0.25) is 0 Å². The summed E-state index contributed by atoms with van der Waals surface area (Å²) in [6.45, 7) is 4.67. The topological polar surface area (TPSA) is 214 Å². The highest BCUT2D eigenvalue weighted by Gasteiger charge is 2.50. The van der Waals surface area contributed by atoms with Gasteiger partial charge in [0, 0.05) is 36.8 Å². The zero-order chi connectivity index (χ0) is 34.0. The molecule has 46 heavy (non-hydrogen) atoms. The second kappa shape index (κ2) is 17.0. The fourth-order valence-electron chi connectivity index (χ4n) is 6.13. The van der Waals surface area contributed by atoms with E-state index in [1.54, 1.807) is 25.2 Å². The molecule has 14 heteroatoms. The van der Waals surface area contributed by atoms with Crippen LogP contribution in [-0.4, -0.2) is 86.8 Å². The number of carbonyl (C=O) groups is 2. The van der Waals surface area contributed by atoms with Crippen LogP contribution in [-0.2, 0) is 32.0 Å². The lowest BCUT2D eigenvalue weighted by atomic mass is 9.81. The van der Waals surface area contributed by atoms with Crippen molar-refractivity contribution in [2.45, 2.75) is 95.9 Å². The number of ketones is 1. The number of Topliss-reactive ketones (excluding diaryl/α,β-unsaturated/α-hetero) is 1. The Bertz CT molecular complexity index is 1310. The number of fused-ring (bicyclic) bond motifs is 14. The van der Waals surface area contributed by atoms with Gasteiger partial charge in [-0.25, -0.2) is 10.1 Å². The molecule has 5 bridgehead atoms. The summed E-state index contributed by atoms with van der Waals surface area (Å²) in [6, 6.07) is -0.338. The molecule has 5 rings (SSSR count). The first kappa shape index (κ1) is 37.1. The van der Waals surface area contributed by atoms with Crippen LogP contribution in [0, 0.1) is 12.8 Å². The second-order valence-electron chi connectivity index (χ2n) is 11.8. The van der Waals surface area contributed by atoms with E-state index < -0.39 is 36.6 Å². The third-order valence-corrected chi connectivity index (χ3v) is 8.68. The first-order valence-corrected chi connectivity index (χ1v) is 15.1. The summed E-state index contributed by atoms with van der Waals surface area (Å²) in [5, 5.41) is 55.0. The fourth-order valence-corrected chi connectivity index (χ4v) is 6.13. The molecule has 0 radical (unpaired) electrons. The van der Waals surface area contributed by atoms with Crippen molar-refractivity contribution in [2.24, 2.45) is 5.92 Å². The number of aliphatic hydroxyl groups is 2. The number of carbonyl (C=O) groups excluding carboxylic acids is 2. The summed E-state index contributed by atoms with van der Waals surface area (Å²) in [5.41, 5.74) is 2.21. The summed E-state index contributed by atoms with van der Waals surface area (Å²) in [5.74, 6) is -2.04. The molecule has 0 saturated heterocycles. The highest BCUT2D eigenvalue weighted by molar-refractivity contribution is 6.08. The number of nitrogens with one attached hydrogen (secondary N) is 1. The molecule has 0 fully saturated rings. The Morgan fingerprint density at radius 1 is 1.11 bits per heavy atom. The van der Waals surface area contributed by atoms with Gasteiger partial charge in [0.25, 0.3) is 5.78 Å². The summed E-state index contributed by atoms with van der Waals surface area (Å²) >= 11 is 0. The van der Waals surface area contributed by atoms with E-state index in [2.05, 4.69) is 10.2 Å². The number of hydrogen-bond donors (Lipinski definition) is 7. The Kier molecular flexibility index (Phi) is 13.7. The van der Waals surface area contributed by atoms with Crippen molar-refractivity contribution in [1.82, 2.24) is 5.32 Å². The molecule has 0 saturated carbocycles. The van der Waals surface area contributed by atoms with E-state index in [0.717, 1.165) is 0 Å². The van der Waals surface area contributed by atoms with E-state index in [-0.39, 0.29) is 41.2 Å². The molecular weight excluding hydrogens is 606 g/mol. The van der Waals surface area contributed by atoms with Crippen LogP contribution in [0.1, 0.15) is 73.0 Å². The van der Waals surface area contributed by atoms with Crippen molar-refractivity contribution >= 4 is 11.7 Å². The maximum atomic E-state index is 13.7. The number of hydrogen-bond acceptors (Lipinski definition) is 13. The van der Waals surface area contributed by atoms with E-state index in [1.807, 2.05) is 13.0 Å². The lowest BCUT2D eigenvalue weighted by Crippen LogP contribution is -2.41. The van der Waals surface area contributed by atoms with Gasteiger partial charge in [-0.3, -0.25) is 25.4 Å². The number of methoxy groups -OCH3 is 1. The third-order valence-electron chi connectivity index (χ3n) is 8.68. The minimum atomic E-state index is -1.67. The molecule has 4 unspecified atom stereocenters. The first-order chi connectivity index (χ1) is 22.1. The quantitative estimate of drug-likeness (QED) is 0.183. The maximum Gasteiger partial charge on any atom is 0.312 e. The second-order valence-corrected chi connectivity index (χ2v) is 11.8. The number of rotatable bonds is 4. The SMILES string of the molecule is CO[C@@H]1C(O)CCC(C)/C=C/C=C(/CO)C(=O)NC2CCc3c(c(OO)c(C)c4c3C(=O)[C@@](C)(O/C=C/CCC1OO)O4)C2.OO. The zero-order valence-corrected chi connectivity index (χ0v) is 26.5. The van der Waals surface area contributed by atoms with E-state index in [0.29, 0.717) is 60.8 Å². The number of aliphatic hydroxyl groups excluding tert-OH is 2. The lowest BCUT2D eigenvalue weighted by molar-refractivity contribution is -0.307. The van der Waals surface area contributed by atoms with Crippen molar-refractivity contribution < 1.29 is 64.8 Å². The first-order valence-electron chi connectivity index (χ1n) is 15.1. The Morgan fingerprint density at radius 2 is 1.85 bits per heavy atom. The average molecular weight is 652 g/mol. The zero-order valence-electron chi connectivity index (χ0n) is 26.5. The Morgan fingerprint density at radius 3 is 2.50 bits per heavy atom. The Balaban J connectivity index is 0.00000282. The molecule has 6 atom stereocenters. The molecular formula is C32H45NO13. The average Bonchev–Trinajstić information content (AvgIpc) is 3.32. The normalized spacial score (nSPS) is 31.3. The van der Waals surface area contributed by atoms with Crippen LogP contribution in [0.5, 0.6) is 11.5 Å². The van der Waals surface area contributed by atoms with Crippen molar-refractivity contribution in [3.05, 3.63) is 58.4 Å². The summed E-state index contributed by atoms with van der Waals surface area (Å²) in [7, 11) is 1.43. The number of allylic oxidation sites excluding steroid dienone is 4. The highest BCUT2D eigenvalue weighted by atomic mass is 17.1. The molecule has 256 valence electrons. The molecule has 1 aliphatic carbocycles. The molecule has 0 spiro atoms. The summed E-state index contributed by atoms with van der Waals surface area (Å²) in [4.78, 5) is 36.2. The van der Waals surface area contributed by atoms with Gasteiger partial charge in [-0.1, -0.05) is 25.2 Å². The smallest absolute Gasteiger partial charge is 0.312 e. The molecule has 1 aromatic rings. The van der Waals surface area contributed by atoms with Crippen molar-refractivity contribution in [1.29, 1.82) is 0 Å². The summed E-state index contributed by atoms with van der Waals surface area (Å²) < 4.78 is 17.3. The van der Waals surface area contributed by atoms with Gasteiger partial charge in [0.15, 0.2) is 5.75 Å². The number of amides is 1. The molecule has 3 aliphatic heterocycles. The maximum absolute atomic E-state index is 13.7. The van der Waals surface area contributed by atoms with Crippen molar-refractivity contribution in [3.8, 4) is 11.5 Å². The minimum Gasteiger partial charge on any atom is -0.454 e. The minimum absolute atomic E-state index is 0.0309. The van der Waals surface area contributed by atoms with Gasteiger partial charge in [-0.15, -0.1) is 0 Å². The molecule has 7 N–H and O–H groups in total. The van der Waals surface area contributed by atoms with Crippen LogP contribution >= 0.6 is 0 Å². The van der Waals surface area contributed by atoms with Crippen LogP contribution in [0.4, 0.5) is 0 Å². The van der Waals surface area contributed by atoms with Crippen molar-refractivity contribution in [3.63, 3.8) is 0 Å². The van der Waals surface area contributed by atoms with Gasteiger partial charge >= 0.3 is 5.79 Å². The monoisotopic (exact) mass is 651 g/mol. The van der Waals surface area contributed by atoms with Gasteiger partial charge in [0.1, 0.15) is 18.0 Å². The molecule has 3 heterocycles. The van der Waals surface area contributed by atoms with E-state index in [1.165, 1.54) is 20.3 Å². The van der Waals surface area contributed by atoms with Crippen LogP contribution in [0.15, 0.2) is 36.1 Å². The predicted octanol–water partition coefficient (Wildman–Crippen LogP) is 3.58. The van der Waals surface area contributed by atoms with Crippen molar-refractivity contribution in [2.75, 3.05) is 13.7 Å². The lowest BCUT2D eigenvalue weighted by Gasteiger charge is -2.28. The van der Waals surface area contributed by atoms with Gasteiger partial charge in [0.05, 0.1) is 24.5 Å². The third kappa shape index (κ3) is 8.14. The standard InChI is InChI=1S/C32H43NO11.H2O2/c1-18-8-7-9-20(17-34)31(37)33-21-12-13-22-23(16-21)27(44-39)19(2)28-26(22)30(36)32(3,42-28)41-15-6-5-10-25(43-38)29(40-4)24(35)14-11-18;1-2/h6-9,15,18,21,24-25,29,34-35,38-39H,5,10-14,16-17H2,1-4H3,(H,33,37);1-2H/b8-7+,15-6+,20-9-;/t18?,21?,24?,25?,29-,32+;/m1./s1. The predicted molar refractivity (Wildman–Crippen MR) is 163 cm³/mol. The highest BCUT2D eigenvalue weighted by Crippen LogP contribution is 2.48. The van der Waals surface area contributed by atoms with Gasteiger partial charge < -0.3 is 34.6 Å². The van der Waals surface area contributed by atoms with Crippen LogP contribution in [0.3, 0.4) is 0 Å². The van der Waals surface area contributed by atoms with Crippen LogP contribution < -0.4 is 14.9 Å². The largest absolute Gasteiger partial charge is 0.454 e. The van der Waals surface area contributed by atoms with Crippen LogP contribution in [0.25, 0.3) is 0 Å². The molecule has 1 aromatic carbocycles. The van der Waals surface area contributed by atoms with E-state index in [9.17, 15) is 30.3 Å². The van der Waals surface area contributed by atoms with Gasteiger partial charge in [0.2, 0.25) is 5.91 Å².